The van der Waals surface area contributed by atoms with Crippen molar-refractivity contribution in [2.24, 2.45) is 0 Å². The standard InChI is InChI=1S/C20H14ClF5N4O3S/c1-9-14(18(31)28-10-4-3-5-11(8-10)34(2,27)32)19(30-29-17(9)20(24,25)26)33-16-12(21)6-7-13(22)15(16)23/h3-8,27H,1-2H3,(H,28,31). The maximum atomic E-state index is 14.2. The van der Waals surface area contributed by atoms with Gasteiger partial charge in [-0.15, -0.1) is 10.2 Å². The van der Waals surface area contributed by atoms with Crippen LogP contribution in [0, 0.1) is 23.3 Å². The molecule has 2 aromatic carbocycles. The van der Waals surface area contributed by atoms with Crippen molar-refractivity contribution >= 4 is 32.9 Å². The number of amides is 1. The highest BCUT2D eigenvalue weighted by molar-refractivity contribution is 7.91. The van der Waals surface area contributed by atoms with E-state index in [2.05, 4.69) is 15.5 Å². The van der Waals surface area contributed by atoms with Gasteiger partial charge in [0.25, 0.3) is 11.8 Å². The van der Waals surface area contributed by atoms with Gasteiger partial charge in [-0.1, -0.05) is 17.7 Å². The Morgan fingerprint density at radius 1 is 1.18 bits per heavy atom. The molecule has 2 N–H and O–H groups in total. The largest absolute Gasteiger partial charge is 0.435 e. The molecular weight excluding hydrogens is 507 g/mol. The SMILES string of the molecule is Cc1c(C(F)(F)F)nnc(Oc2c(Cl)ccc(F)c2F)c1C(=O)Nc1cccc(S(C)(=N)=O)c1. The molecule has 0 fully saturated rings. The summed E-state index contributed by atoms with van der Waals surface area (Å²) in [6, 6.07) is 6.92. The molecule has 0 aliphatic rings. The summed E-state index contributed by atoms with van der Waals surface area (Å²) in [6.45, 7) is 0.919. The van der Waals surface area contributed by atoms with Gasteiger partial charge in [0, 0.05) is 16.8 Å². The zero-order valence-electron chi connectivity index (χ0n) is 17.3. The van der Waals surface area contributed by atoms with Gasteiger partial charge in [0.15, 0.2) is 17.3 Å². The van der Waals surface area contributed by atoms with Gasteiger partial charge in [-0.05, 0) is 42.8 Å². The number of carbonyl (C=O) groups excluding carboxylic acids is 1. The first-order valence-electron chi connectivity index (χ1n) is 9.11. The minimum Gasteiger partial charge on any atom is -0.432 e. The Balaban J connectivity index is 2.13. The van der Waals surface area contributed by atoms with Crippen LogP contribution in [0.1, 0.15) is 21.6 Å². The minimum absolute atomic E-state index is 0.00462. The van der Waals surface area contributed by atoms with Crippen LogP contribution < -0.4 is 10.1 Å². The number of halogens is 6. The van der Waals surface area contributed by atoms with Crippen molar-refractivity contribution in [2.45, 2.75) is 18.0 Å². The predicted molar refractivity (Wildman–Crippen MR) is 113 cm³/mol. The number of rotatable bonds is 5. The van der Waals surface area contributed by atoms with E-state index in [4.69, 9.17) is 21.1 Å². The second kappa shape index (κ2) is 9.14. The summed E-state index contributed by atoms with van der Waals surface area (Å²) in [6.07, 6.45) is -3.85. The van der Waals surface area contributed by atoms with Crippen LogP contribution >= 0.6 is 11.6 Å². The van der Waals surface area contributed by atoms with Gasteiger partial charge in [-0.2, -0.15) is 17.6 Å². The van der Waals surface area contributed by atoms with E-state index in [1.165, 1.54) is 24.3 Å². The van der Waals surface area contributed by atoms with Gasteiger partial charge in [0.05, 0.1) is 14.8 Å². The summed E-state index contributed by atoms with van der Waals surface area (Å²) >= 11 is 5.81. The van der Waals surface area contributed by atoms with Crippen molar-refractivity contribution in [3.8, 4) is 11.6 Å². The first kappa shape index (κ1) is 25.3. The monoisotopic (exact) mass is 520 g/mol. The van der Waals surface area contributed by atoms with E-state index in [-0.39, 0.29) is 10.6 Å². The van der Waals surface area contributed by atoms with Crippen LogP contribution in [0.3, 0.4) is 0 Å². The van der Waals surface area contributed by atoms with Gasteiger partial charge >= 0.3 is 6.18 Å². The molecule has 34 heavy (non-hydrogen) atoms. The highest BCUT2D eigenvalue weighted by atomic mass is 35.5. The van der Waals surface area contributed by atoms with Crippen LogP contribution in [0.15, 0.2) is 41.3 Å². The molecule has 180 valence electrons. The molecule has 1 atom stereocenters. The van der Waals surface area contributed by atoms with Crippen molar-refractivity contribution < 1.29 is 35.7 Å². The highest BCUT2D eigenvalue weighted by Crippen LogP contribution is 2.38. The fourth-order valence-electron chi connectivity index (χ4n) is 2.82. The van der Waals surface area contributed by atoms with Crippen LogP contribution in [-0.2, 0) is 15.9 Å². The Hall–Kier alpha value is -3.32. The van der Waals surface area contributed by atoms with Gasteiger partial charge < -0.3 is 10.1 Å². The lowest BCUT2D eigenvalue weighted by atomic mass is 10.1. The first-order chi connectivity index (χ1) is 15.7. The highest BCUT2D eigenvalue weighted by Gasteiger charge is 2.38. The number of ether oxygens (including phenoxy) is 1. The number of aromatic nitrogens is 2. The summed E-state index contributed by atoms with van der Waals surface area (Å²) in [5, 5.41) is 8.13. The van der Waals surface area contributed by atoms with Crippen LogP contribution in [-0.4, -0.2) is 26.6 Å². The molecule has 0 saturated carbocycles. The van der Waals surface area contributed by atoms with Crippen LogP contribution in [0.4, 0.5) is 27.6 Å². The third-order valence-corrected chi connectivity index (χ3v) is 5.87. The summed E-state index contributed by atoms with van der Waals surface area (Å²) in [7, 11) is -3.16. The lowest BCUT2D eigenvalue weighted by Crippen LogP contribution is -2.21. The molecule has 0 saturated heterocycles. The number of nitrogens with zero attached hydrogens (tertiary/aromatic N) is 2. The van der Waals surface area contributed by atoms with Crippen molar-refractivity contribution in [2.75, 3.05) is 11.6 Å². The quantitative estimate of drug-likeness (QED) is 0.326. The lowest BCUT2D eigenvalue weighted by Gasteiger charge is -2.17. The predicted octanol–water partition coefficient (Wildman–Crippen LogP) is 5.82. The summed E-state index contributed by atoms with van der Waals surface area (Å²) in [5.41, 5.74) is -3.00. The van der Waals surface area contributed by atoms with Crippen molar-refractivity contribution in [3.05, 3.63) is 69.9 Å². The molecule has 0 aliphatic heterocycles. The second-order valence-electron chi connectivity index (χ2n) is 6.95. The van der Waals surface area contributed by atoms with Crippen LogP contribution in [0.5, 0.6) is 11.6 Å². The number of nitrogens with one attached hydrogen (secondary N) is 2. The third-order valence-electron chi connectivity index (χ3n) is 4.42. The molecule has 0 bridgehead atoms. The smallest absolute Gasteiger partial charge is 0.432 e. The molecule has 1 unspecified atom stereocenters. The van der Waals surface area contributed by atoms with Crippen molar-refractivity contribution in [3.63, 3.8) is 0 Å². The first-order valence-corrected chi connectivity index (χ1v) is 11.5. The molecule has 3 rings (SSSR count). The minimum atomic E-state index is -4.99. The summed E-state index contributed by atoms with van der Waals surface area (Å²) in [5.74, 6) is -5.88. The molecule has 0 radical (unpaired) electrons. The fourth-order valence-corrected chi connectivity index (χ4v) is 3.69. The number of alkyl halides is 3. The Bertz CT molecular complexity index is 1400. The average Bonchev–Trinajstić information content (AvgIpc) is 2.72. The number of hydrogen-bond acceptors (Lipinski definition) is 6. The maximum Gasteiger partial charge on any atom is 0.435 e. The van der Waals surface area contributed by atoms with Crippen LogP contribution in [0.2, 0.25) is 5.02 Å². The number of anilines is 1. The fraction of sp³-hybridized carbons (Fsp3) is 0.150. The lowest BCUT2D eigenvalue weighted by molar-refractivity contribution is -0.142. The van der Waals surface area contributed by atoms with Gasteiger partial charge in [-0.25, -0.2) is 13.4 Å². The zero-order chi connectivity index (χ0) is 25.4. The Morgan fingerprint density at radius 2 is 1.85 bits per heavy atom. The molecule has 1 aromatic heterocycles. The van der Waals surface area contributed by atoms with E-state index in [1.54, 1.807) is 0 Å². The number of carbonyl (C=O) groups is 1. The van der Waals surface area contributed by atoms with Gasteiger partial charge in [0.2, 0.25) is 5.82 Å². The Morgan fingerprint density at radius 3 is 2.47 bits per heavy atom. The molecule has 1 heterocycles. The Kier molecular flexibility index (Phi) is 6.80. The molecular formula is C20H14ClF5N4O3S. The van der Waals surface area contributed by atoms with Crippen LogP contribution in [0.25, 0.3) is 0 Å². The molecule has 14 heteroatoms. The molecule has 1 amide bonds. The van der Waals surface area contributed by atoms with E-state index in [0.717, 1.165) is 19.2 Å². The molecule has 7 nitrogen and oxygen atoms in total. The molecule has 0 spiro atoms. The number of hydrogen-bond donors (Lipinski definition) is 2. The van der Waals surface area contributed by atoms with E-state index in [9.17, 15) is 31.0 Å². The normalized spacial score (nSPS) is 13.3. The zero-order valence-corrected chi connectivity index (χ0v) is 18.8. The van der Waals surface area contributed by atoms with Crippen molar-refractivity contribution in [1.29, 1.82) is 4.78 Å². The maximum absolute atomic E-state index is 14.2. The van der Waals surface area contributed by atoms with E-state index in [0.29, 0.717) is 6.07 Å². The van der Waals surface area contributed by atoms with Gasteiger partial charge in [0.1, 0.15) is 5.56 Å². The Labute approximate surface area is 194 Å². The molecule has 3 aromatic rings. The summed E-state index contributed by atoms with van der Waals surface area (Å²) < 4.78 is 92.7. The molecule has 0 aliphatic carbocycles. The topological polar surface area (TPSA) is 105 Å². The van der Waals surface area contributed by atoms with E-state index in [1.807, 2.05) is 0 Å². The number of benzene rings is 2. The third kappa shape index (κ3) is 5.25. The average molecular weight is 521 g/mol. The van der Waals surface area contributed by atoms with Gasteiger partial charge in [-0.3, -0.25) is 4.79 Å². The summed E-state index contributed by atoms with van der Waals surface area (Å²) in [4.78, 5) is 13.0. The van der Waals surface area contributed by atoms with E-state index >= 15 is 0 Å². The van der Waals surface area contributed by atoms with E-state index < -0.39 is 66.9 Å². The second-order valence-corrected chi connectivity index (χ2v) is 9.52. The van der Waals surface area contributed by atoms with Crippen molar-refractivity contribution in [1.82, 2.24) is 10.2 Å².